The van der Waals surface area contributed by atoms with Crippen molar-refractivity contribution < 1.29 is 14.3 Å². The lowest BCUT2D eigenvalue weighted by Gasteiger charge is -2.31. The van der Waals surface area contributed by atoms with Crippen molar-refractivity contribution in [3.8, 4) is 0 Å². The molecule has 0 spiro atoms. The Bertz CT molecular complexity index is 424. The monoisotopic (exact) mass is 271 g/mol. The third kappa shape index (κ3) is 3.00. The van der Waals surface area contributed by atoms with Gasteiger partial charge in [0.2, 0.25) is 0 Å². The van der Waals surface area contributed by atoms with Crippen LogP contribution in [0.3, 0.4) is 0 Å². The summed E-state index contributed by atoms with van der Waals surface area (Å²) in [5.41, 5.74) is 0.578. The molecule has 0 bridgehead atoms. The molecule has 1 aliphatic rings. The van der Waals surface area contributed by atoms with E-state index in [2.05, 4.69) is 0 Å². The maximum Gasteiger partial charge on any atom is 0.317 e. The lowest BCUT2D eigenvalue weighted by Crippen LogP contribution is -2.36. The van der Waals surface area contributed by atoms with E-state index in [1.165, 1.54) is 6.07 Å². The number of benzene rings is 1. The van der Waals surface area contributed by atoms with E-state index < -0.39 is 5.97 Å². The maximum atomic E-state index is 13.8. The molecule has 0 aromatic heterocycles. The Morgan fingerprint density at radius 2 is 2.11 bits per heavy atom. The molecule has 98 valence electrons. The molecule has 0 radical (unpaired) electrons. The van der Waals surface area contributed by atoms with Crippen LogP contribution in [0.1, 0.15) is 24.3 Å². The van der Waals surface area contributed by atoms with Crippen molar-refractivity contribution in [2.24, 2.45) is 0 Å². The maximum absolute atomic E-state index is 13.8. The van der Waals surface area contributed by atoms with Crippen molar-refractivity contribution in [3.63, 3.8) is 0 Å². The fourth-order valence-corrected chi connectivity index (χ4v) is 2.79. The summed E-state index contributed by atoms with van der Waals surface area (Å²) in [6.45, 7) is 1.39. The third-order valence-electron chi connectivity index (χ3n) is 3.35. The van der Waals surface area contributed by atoms with E-state index in [1.807, 2.05) is 4.90 Å². The molecule has 3 nitrogen and oxygen atoms in total. The largest absolute Gasteiger partial charge is 0.480 e. The van der Waals surface area contributed by atoms with Gasteiger partial charge in [-0.15, -0.1) is 0 Å². The Labute approximate surface area is 110 Å². The number of rotatable bonds is 3. The van der Waals surface area contributed by atoms with Gasteiger partial charge < -0.3 is 5.11 Å². The Kier molecular flexibility index (Phi) is 4.19. The van der Waals surface area contributed by atoms with Crippen LogP contribution >= 0.6 is 11.6 Å². The van der Waals surface area contributed by atoms with Crippen LogP contribution in [0.25, 0.3) is 0 Å². The third-order valence-corrected chi connectivity index (χ3v) is 3.68. The number of nitrogens with zero attached hydrogens (tertiary/aromatic N) is 1. The van der Waals surface area contributed by atoms with Gasteiger partial charge in [-0.3, -0.25) is 9.69 Å². The summed E-state index contributed by atoms with van der Waals surface area (Å²) < 4.78 is 13.8. The van der Waals surface area contributed by atoms with Gasteiger partial charge in [0.05, 0.1) is 6.54 Å². The van der Waals surface area contributed by atoms with Crippen LogP contribution in [-0.2, 0) is 4.79 Å². The SMILES string of the molecule is O=C(O)CN1CCC(c2c(F)cccc2Cl)CC1. The minimum atomic E-state index is -0.822. The highest BCUT2D eigenvalue weighted by atomic mass is 35.5. The van der Waals surface area contributed by atoms with Gasteiger partial charge in [0.25, 0.3) is 0 Å². The van der Waals surface area contributed by atoms with Crippen LogP contribution in [0.15, 0.2) is 18.2 Å². The Morgan fingerprint density at radius 3 is 2.67 bits per heavy atom. The van der Waals surface area contributed by atoms with Gasteiger partial charge in [-0.2, -0.15) is 0 Å². The van der Waals surface area contributed by atoms with E-state index in [0.717, 1.165) is 12.8 Å². The lowest BCUT2D eigenvalue weighted by atomic mass is 9.89. The zero-order chi connectivity index (χ0) is 13.1. The van der Waals surface area contributed by atoms with Gasteiger partial charge in [0.1, 0.15) is 5.82 Å². The molecule has 5 heteroatoms. The Balaban J connectivity index is 2.03. The molecule has 1 N–H and O–H groups in total. The molecule has 1 aromatic carbocycles. The van der Waals surface area contributed by atoms with Gasteiger partial charge in [0.15, 0.2) is 0 Å². The predicted molar refractivity (Wildman–Crippen MR) is 67.5 cm³/mol. The highest BCUT2D eigenvalue weighted by Crippen LogP contribution is 2.34. The molecule has 0 unspecified atom stereocenters. The van der Waals surface area contributed by atoms with Crippen LogP contribution in [0, 0.1) is 5.82 Å². The zero-order valence-electron chi connectivity index (χ0n) is 9.90. The van der Waals surface area contributed by atoms with E-state index >= 15 is 0 Å². The zero-order valence-corrected chi connectivity index (χ0v) is 10.7. The molecule has 0 amide bonds. The first-order valence-corrected chi connectivity index (χ1v) is 6.34. The van der Waals surface area contributed by atoms with E-state index in [1.54, 1.807) is 12.1 Å². The number of likely N-dealkylation sites (tertiary alicyclic amines) is 1. The smallest absolute Gasteiger partial charge is 0.317 e. The molecule has 0 atom stereocenters. The second-order valence-corrected chi connectivity index (χ2v) is 4.99. The molecule has 0 aliphatic carbocycles. The number of carboxylic acids is 1. The molecule has 1 aromatic rings. The van der Waals surface area contributed by atoms with Crippen LogP contribution in [-0.4, -0.2) is 35.6 Å². The number of hydrogen-bond acceptors (Lipinski definition) is 2. The van der Waals surface area contributed by atoms with Crippen molar-refractivity contribution in [3.05, 3.63) is 34.6 Å². The quantitative estimate of drug-likeness (QED) is 0.919. The highest BCUT2D eigenvalue weighted by molar-refractivity contribution is 6.31. The summed E-state index contributed by atoms with van der Waals surface area (Å²) in [5, 5.41) is 9.18. The number of aliphatic carboxylic acids is 1. The van der Waals surface area contributed by atoms with E-state index in [4.69, 9.17) is 16.7 Å². The van der Waals surface area contributed by atoms with Crippen LogP contribution in [0.5, 0.6) is 0 Å². The van der Waals surface area contributed by atoms with Crippen molar-refractivity contribution in [2.45, 2.75) is 18.8 Å². The number of piperidine rings is 1. The highest BCUT2D eigenvalue weighted by Gasteiger charge is 2.25. The minimum Gasteiger partial charge on any atom is -0.480 e. The lowest BCUT2D eigenvalue weighted by molar-refractivity contribution is -0.138. The summed E-state index contributed by atoms with van der Waals surface area (Å²) in [6, 6.07) is 4.72. The standard InChI is InChI=1S/C13H15ClFNO2/c14-10-2-1-3-11(15)13(10)9-4-6-16(7-5-9)8-12(17)18/h1-3,9H,4-8H2,(H,17,18). The molecule has 1 aliphatic heterocycles. The molecule has 1 fully saturated rings. The normalized spacial score (nSPS) is 17.9. The molecule has 0 saturated carbocycles. The van der Waals surface area contributed by atoms with Crippen molar-refractivity contribution in [2.75, 3.05) is 19.6 Å². The second kappa shape index (κ2) is 5.67. The average Bonchev–Trinajstić information content (AvgIpc) is 2.30. The van der Waals surface area contributed by atoms with Gasteiger partial charge in [-0.05, 0) is 44.0 Å². The molecular weight excluding hydrogens is 257 g/mol. The second-order valence-electron chi connectivity index (χ2n) is 4.58. The van der Waals surface area contributed by atoms with Gasteiger partial charge >= 0.3 is 5.97 Å². The fraction of sp³-hybridized carbons (Fsp3) is 0.462. The first-order valence-electron chi connectivity index (χ1n) is 5.96. The van der Waals surface area contributed by atoms with Crippen LogP contribution in [0.4, 0.5) is 4.39 Å². The number of hydrogen-bond donors (Lipinski definition) is 1. The van der Waals surface area contributed by atoms with Gasteiger partial charge in [-0.1, -0.05) is 17.7 Å². The van der Waals surface area contributed by atoms with E-state index in [9.17, 15) is 9.18 Å². The number of carboxylic acid groups (broad SMARTS) is 1. The van der Waals surface area contributed by atoms with Crippen molar-refractivity contribution >= 4 is 17.6 Å². The number of carbonyl (C=O) groups is 1. The molecule has 2 rings (SSSR count). The summed E-state index contributed by atoms with van der Waals surface area (Å²) in [4.78, 5) is 12.5. The molecule has 18 heavy (non-hydrogen) atoms. The summed E-state index contributed by atoms with van der Waals surface area (Å²) in [7, 11) is 0. The first-order chi connectivity index (χ1) is 8.58. The van der Waals surface area contributed by atoms with Gasteiger partial charge in [-0.25, -0.2) is 4.39 Å². The van der Waals surface area contributed by atoms with Crippen LogP contribution < -0.4 is 0 Å². The van der Waals surface area contributed by atoms with Crippen molar-refractivity contribution in [1.82, 2.24) is 4.90 Å². The summed E-state index contributed by atoms with van der Waals surface area (Å²) in [5.74, 6) is -1.000. The predicted octanol–water partition coefficient (Wildman–Crippen LogP) is 2.74. The fourth-order valence-electron chi connectivity index (χ4n) is 2.47. The summed E-state index contributed by atoms with van der Waals surface area (Å²) in [6.07, 6.45) is 1.49. The Hall–Kier alpha value is -1.13. The minimum absolute atomic E-state index is 0.0533. The van der Waals surface area contributed by atoms with Gasteiger partial charge in [0, 0.05) is 10.6 Å². The topological polar surface area (TPSA) is 40.5 Å². The van der Waals surface area contributed by atoms with Crippen molar-refractivity contribution in [1.29, 1.82) is 0 Å². The van der Waals surface area contributed by atoms with E-state index in [-0.39, 0.29) is 18.3 Å². The van der Waals surface area contributed by atoms with Crippen LogP contribution in [0.2, 0.25) is 5.02 Å². The number of halogens is 2. The Morgan fingerprint density at radius 1 is 1.44 bits per heavy atom. The summed E-state index contributed by atoms with van der Waals surface area (Å²) >= 11 is 6.04. The average molecular weight is 272 g/mol. The van der Waals surface area contributed by atoms with E-state index in [0.29, 0.717) is 23.7 Å². The molecular formula is C13H15ClFNO2. The first kappa shape index (κ1) is 13.3. The molecule has 1 saturated heterocycles. The molecule has 1 heterocycles.